The van der Waals surface area contributed by atoms with Gasteiger partial charge in [-0.25, -0.2) is 14.5 Å². The maximum atomic E-state index is 4.84. The Morgan fingerprint density at radius 1 is 0.938 bits per heavy atom. The molecule has 4 aromatic heterocycles. The molecule has 0 unspecified atom stereocenters. The van der Waals surface area contributed by atoms with Crippen LogP contribution in [0.5, 0.6) is 0 Å². The summed E-state index contributed by atoms with van der Waals surface area (Å²) in [5, 5.41) is 8.24. The smallest absolute Gasteiger partial charge is 0.223 e. The molecule has 0 bridgehead atoms. The average Bonchev–Trinajstić information content (AvgIpc) is 3.23. The largest absolute Gasteiger partial charge is 0.354 e. The monoisotopic (exact) mass is 427 g/mol. The van der Waals surface area contributed by atoms with E-state index >= 15 is 0 Å². The number of likely N-dealkylation sites (tertiary alicyclic amines) is 1. The van der Waals surface area contributed by atoms with Crippen LogP contribution in [0.25, 0.3) is 28.2 Å². The summed E-state index contributed by atoms with van der Waals surface area (Å²) >= 11 is 0. The van der Waals surface area contributed by atoms with Crippen LogP contribution in [-0.4, -0.2) is 55.6 Å². The topological polar surface area (TPSA) is 71.2 Å². The highest BCUT2D eigenvalue weighted by Gasteiger charge is 2.19. The maximum absolute atomic E-state index is 4.84. The molecule has 7 nitrogen and oxygen atoms in total. The number of piperidine rings is 1. The van der Waals surface area contributed by atoms with E-state index in [9.17, 15) is 0 Å². The van der Waals surface area contributed by atoms with Gasteiger partial charge in [-0.2, -0.15) is 5.10 Å². The average molecular weight is 428 g/mol. The van der Waals surface area contributed by atoms with Crippen LogP contribution in [0.4, 0.5) is 5.95 Å². The minimum atomic E-state index is 0.652. The Morgan fingerprint density at radius 2 is 1.84 bits per heavy atom. The Labute approximate surface area is 188 Å². The third-order valence-corrected chi connectivity index (χ3v) is 5.97. The molecule has 0 spiro atoms. The van der Waals surface area contributed by atoms with Gasteiger partial charge >= 0.3 is 0 Å². The molecule has 0 radical (unpaired) electrons. The van der Waals surface area contributed by atoms with Crippen molar-refractivity contribution < 1.29 is 0 Å². The van der Waals surface area contributed by atoms with Crippen molar-refractivity contribution in [3.8, 4) is 22.6 Å². The van der Waals surface area contributed by atoms with Crippen LogP contribution >= 0.6 is 0 Å². The van der Waals surface area contributed by atoms with E-state index in [0.29, 0.717) is 5.95 Å². The Hall–Kier alpha value is -3.32. The highest BCUT2D eigenvalue weighted by molar-refractivity contribution is 5.90. The quantitative estimate of drug-likeness (QED) is 0.440. The molecule has 5 heterocycles. The highest BCUT2D eigenvalue weighted by atomic mass is 15.2. The lowest BCUT2D eigenvalue weighted by atomic mass is 10.1. The van der Waals surface area contributed by atoms with Crippen molar-refractivity contribution in [3.63, 3.8) is 0 Å². The van der Waals surface area contributed by atoms with Crippen LogP contribution < -0.4 is 5.32 Å². The molecule has 1 N–H and O–H groups in total. The maximum Gasteiger partial charge on any atom is 0.223 e. The predicted molar refractivity (Wildman–Crippen MR) is 128 cm³/mol. The van der Waals surface area contributed by atoms with Crippen molar-refractivity contribution in [1.82, 2.24) is 29.5 Å². The van der Waals surface area contributed by atoms with E-state index in [1.807, 2.05) is 60.2 Å². The SMILES string of the molecule is Cc1cccc(-c2nn3ccccc3c2-c2ccnc(NCCCN3CCCCC3)n2)n1. The first kappa shape index (κ1) is 20.6. The summed E-state index contributed by atoms with van der Waals surface area (Å²) in [6, 6.07) is 14.0. The first-order valence-electron chi connectivity index (χ1n) is 11.5. The zero-order valence-electron chi connectivity index (χ0n) is 18.5. The van der Waals surface area contributed by atoms with Crippen molar-refractivity contribution in [2.75, 3.05) is 31.5 Å². The van der Waals surface area contributed by atoms with Gasteiger partial charge in [-0.1, -0.05) is 18.6 Å². The molecular formula is C25H29N7. The van der Waals surface area contributed by atoms with Crippen molar-refractivity contribution in [2.45, 2.75) is 32.6 Å². The van der Waals surface area contributed by atoms with Gasteiger partial charge in [0.15, 0.2) is 0 Å². The fourth-order valence-electron chi connectivity index (χ4n) is 4.37. The van der Waals surface area contributed by atoms with E-state index in [-0.39, 0.29) is 0 Å². The lowest BCUT2D eigenvalue weighted by Crippen LogP contribution is -2.31. The Morgan fingerprint density at radius 3 is 2.72 bits per heavy atom. The van der Waals surface area contributed by atoms with Gasteiger partial charge in [0.1, 0.15) is 5.69 Å². The van der Waals surface area contributed by atoms with Gasteiger partial charge < -0.3 is 10.2 Å². The summed E-state index contributed by atoms with van der Waals surface area (Å²) in [5.74, 6) is 0.652. The van der Waals surface area contributed by atoms with Gasteiger partial charge in [0.2, 0.25) is 5.95 Å². The molecule has 4 aromatic rings. The van der Waals surface area contributed by atoms with Gasteiger partial charge in [0.05, 0.1) is 22.5 Å². The summed E-state index contributed by atoms with van der Waals surface area (Å²) in [6.45, 7) is 6.45. The number of hydrogen-bond donors (Lipinski definition) is 1. The highest BCUT2D eigenvalue weighted by Crippen LogP contribution is 2.33. The summed E-state index contributed by atoms with van der Waals surface area (Å²) in [7, 11) is 0. The van der Waals surface area contributed by atoms with E-state index in [4.69, 9.17) is 15.1 Å². The molecule has 1 aliphatic heterocycles. The predicted octanol–water partition coefficient (Wildman–Crippen LogP) is 4.45. The van der Waals surface area contributed by atoms with Crippen LogP contribution in [0.3, 0.4) is 0 Å². The number of aromatic nitrogens is 5. The Bertz CT molecular complexity index is 1190. The summed E-state index contributed by atoms with van der Waals surface area (Å²) in [5.41, 5.74) is 5.46. The molecule has 0 aliphatic carbocycles. The van der Waals surface area contributed by atoms with E-state index in [2.05, 4.69) is 21.3 Å². The molecule has 1 aliphatic rings. The van der Waals surface area contributed by atoms with Gasteiger partial charge in [0.25, 0.3) is 0 Å². The number of fused-ring (bicyclic) bond motifs is 1. The number of aryl methyl sites for hydroxylation is 1. The van der Waals surface area contributed by atoms with Crippen LogP contribution in [-0.2, 0) is 0 Å². The number of pyridine rings is 2. The lowest BCUT2D eigenvalue weighted by Gasteiger charge is -2.26. The van der Waals surface area contributed by atoms with Gasteiger partial charge in [0, 0.05) is 24.6 Å². The number of rotatable bonds is 7. The van der Waals surface area contributed by atoms with Gasteiger partial charge in [-0.15, -0.1) is 0 Å². The van der Waals surface area contributed by atoms with Crippen LogP contribution in [0.2, 0.25) is 0 Å². The van der Waals surface area contributed by atoms with Gasteiger partial charge in [-0.3, -0.25) is 4.98 Å². The second-order valence-electron chi connectivity index (χ2n) is 8.37. The molecule has 7 heteroatoms. The zero-order chi connectivity index (χ0) is 21.8. The molecule has 0 amide bonds. The number of nitrogens with zero attached hydrogens (tertiary/aromatic N) is 6. The molecular weight excluding hydrogens is 398 g/mol. The van der Waals surface area contributed by atoms with Gasteiger partial charge in [-0.05, 0) is 76.2 Å². The molecule has 0 atom stereocenters. The molecule has 0 aromatic carbocycles. The molecule has 0 saturated carbocycles. The van der Waals surface area contributed by atoms with Crippen LogP contribution in [0.1, 0.15) is 31.4 Å². The molecule has 32 heavy (non-hydrogen) atoms. The number of anilines is 1. The van der Waals surface area contributed by atoms with E-state index in [1.54, 1.807) is 0 Å². The second-order valence-corrected chi connectivity index (χ2v) is 8.37. The molecule has 1 fully saturated rings. The normalized spacial score (nSPS) is 14.7. The van der Waals surface area contributed by atoms with E-state index < -0.39 is 0 Å². The van der Waals surface area contributed by atoms with Crippen molar-refractivity contribution >= 4 is 11.5 Å². The fourth-order valence-corrected chi connectivity index (χ4v) is 4.37. The summed E-state index contributed by atoms with van der Waals surface area (Å²) in [4.78, 5) is 16.6. The molecule has 164 valence electrons. The Balaban J connectivity index is 1.40. The van der Waals surface area contributed by atoms with Crippen molar-refractivity contribution in [2.24, 2.45) is 0 Å². The van der Waals surface area contributed by atoms with Crippen molar-refractivity contribution in [1.29, 1.82) is 0 Å². The third-order valence-electron chi connectivity index (χ3n) is 5.97. The van der Waals surface area contributed by atoms with E-state index in [0.717, 1.165) is 53.4 Å². The standard InChI is InChI=1S/C25H29N7/c1-19-9-7-10-21(28-19)24-23(22-11-3-6-18-32(22)30-24)20-12-14-27-25(29-20)26-13-8-17-31-15-4-2-5-16-31/h3,6-7,9-12,14,18H,2,4-5,8,13,15-17H2,1H3,(H,26,27,29). The number of hydrogen-bond acceptors (Lipinski definition) is 6. The first-order chi connectivity index (χ1) is 15.8. The first-order valence-corrected chi connectivity index (χ1v) is 11.5. The Kier molecular flexibility index (Phi) is 6.07. The second kappa shape index (κ2) is 9.44. The minimum Gasteiger partial charge on any atom is -0.354 e. The number of nitrogens with one attached hydrogen (secondary N) is 1. The zero-order valence-corrected chi connectivity index (χ0v) is 18.5. The van der Waals surface area contributed by atoms with Crippen LogP contribution in [0.15, 0.2) is 54.9 Å². The minimum absolute atomic E-state index is 0.652. The van der Waals surface area contributed by atoms with Crippen molar-refractivity contribution in [3.05, 3.63) is 60.6 Å². The summed E-state index contributed by atoms with van der Waals surface area (Å²) < 4.78 is 1.89. The van der Waals surface area contributed by atoms with E-state index in [1.165, 1.54) is 32.4 Å². The fraction of sp³-hybridized carbons (Fsp3) is 0.360. The lowest BCUT2D eigenvalue weighted by molar-refractivity contribution is 0.228. The molecule has 1 saturated heterocycles. The summed E-state index contributed by atoms with van der Waals surface area (Å²) in [6.07, 6.45) is 8.89. The molecule has 5 rings (SSSR count). The van der Waals surface area contributed by atoms with Crippen LogP contribution in [0, 0.1) is 6.92 Å². The third kappa shape index (κ3) is 4.48.